The standard InChI is InChI=1S/C33H39F3N6O4/c1-5-22-20-41(32(44)24-11-14-28(45-4)39-30(24)33(34,35)36)17-18-42(22)26-13-12-25(23-9-7-8-10-27(23)46-6-2)38-29(26)31(43)37-21-15-16-40(3)19-21/h7-14,21-22H,5-6,15-20H2,1-4H3,(H,37,43)/t21-,22-/m1/s1. The normalized spacial score (nSPS) is 18.8. The van der Waals surface area contributed by atoms with Gasteiger partial charge in [0.1, 0.15) is 5.75 Å². The van der Waals surface area contributed by atoms with Crippen molar-refractivity contribution in [3.05, 3.63) is 65.5 Å². The number of anilines is 1. The van der Waals surface area contributed by atoms with Crippen molar-refractivity contribution in [3.63, 3.8) is 0 Å². The Morgan fingerprint density at radius 1 is 1.00 bits per heavy atom. The number of likely N-dealkylation sites (N-methyl/N-ethyl adjacent to an activating group) is 1. The van der Waals surface area contributed by atoms with Crippen LogP contribution in [0.5, 0.6) is 11.6 Å². The third kappa shape index (κ3) is 7.04. The number of nitrogens with zero attached hydrogens (tertiary/aromatic N) is 5. The Kier molecular flexibility index (Phi) is 10.00. The number of ether oxygens (including phenoxy) is 2. The summed E-state index contributed by atoms with van der Waals surface area (Å²) in [4.78, 5) is 41.4. The van der Waals surface area contributed by atoms with E-state index in [1.54, 1.807) is 0 Å². The van der Waals surface area contributed by atoms with Crippen LogP contribution in [-0.2, 0) is 6.18 Å². The molecule has 0 bridgehead atoms. The zero-order valence-electron chi connectivity index (χ0n) is 26.4. The molecule has 2 saturated heterocycles. The lowest BCUT2D eigenvalue weighted by atomic mass is 10.0. The van der Waals surface area contributed by atoms with E-state index in [0.717, 1.165) is 31.1 Å². The molecular formula is C33H39F3N6O4. The van der Waals surface area contributed by atoms with Crippen LogP contribution in [0.2, 0.25) is 0 Å². The highest BCUT2D eigenvalue weighted by molar-refractivity contribution is 5.99. The van der Waals surface area contributed by atoms with E-state index < -0.39 is 23.3 Å². The van der Waals surface area contributed by atoms with Crippen LogP contribution >= 0.6 is 0 Å². The number of nitrogens with one attached hydrogen (secondary N) is 1. The number of amides is 2. The maximum Gasteiger partial charge on any atom is 0.434 e. The molecule has 2 amide bonds. The molecule has 3 aromatic rings. The van der Waals surface area contributed by atoms with Gasteiger partial charge in [-0.25, -0.2) is 9.97 Å². The summed E-state index contributed by atoms with van der Waals surface area (Å²) in [5, 5.41) is 3.15. The van der Waals surface area contributed by atoms with Gasteiger partial charge in [-0.2, -0.15) is 13.2 Å². The van der Waals surface area contributed by atoms with E-state index in [-0.39, 0.29) is 49.2 Å². The van der Waals surface area contributed by atoms with Crippen molar-refractivity contribution in [2.75, 3.05) is 58.4 Å². The number of pyridine rings is 2. The first-order chi connectivity index (χ1) is 22.0. The number of alkyl halides is 3. The number of carbonyl (C=O) groups excluding carboxylic acids is 2. The van der Waals surface area contributed by atoms with Gasteiger partial charge in [0.15, 0.2) is 11.4 Å². The summed E-state index contributed by atoms with van der Waals surface area (Å²) in [6.07, 6.45) is -3.45. The lowest BCUT2D eigenvalue weighted by molar-refractivity contribution is -0.141. The lowest BCUT2D eigenvalue weighted by Gasteiger charge is -2.43. The van der Waals surface area contributed by atoms with Crippen LogP contribution in [0, 0.1) is 0 Å². The van der Waals surface area contributed by atoms with Gasteiger partial charge in [0, 0.05) is 49.9 Å². The Labute approximate surface area is 266 Å². The van der Waals surface area contributed by atoms with Gasteiger partial charge in [-0.15, -0.1) is 0 Å². The number of methoxy groups -OCH3 is 1. The van der Waals surface area contributed by atoms with E-state index in [1.165, 1.54) is 18.1 Å². The van der Waals surface area contributed by atoms with Crippen molar-refractivity contribution < 1.29 is 32.2 Å². The number of piperazine rings is 1. The summed E-state index contributed by atoms with van der Waals surface area (Å²) in [6, 6.07) is 13.3. The third-order valence-corrected chi connectivity index (χ3v) is 8.41. The van der Waals surface area contributed by atoms with Crippen LogP contribution in [-0.4, -0.2) is 97.2 Å². The molecule has 2 atom stereocenters. The Morgan fingerprint density at radius 2 is 1.78 bits per heavy atom. The van der Waals surface area contributed by atoms with Crippen LogP contribution in [0.3, 0.4) is 0 Å². The quantitative estimate of drug-likeness (QED) is 0.358. The molecular weight excluding hydrogens is 601 g/mol. The molecule has 46 heavy (non-hydrogen) atoms. The summed E-state index contributed by atoms with van der Waals surface area (Å²) in [6.45, 7) is 6.50. The number of halogens is 3. The molecule has 10 nitrogen and oxygen atoms in total. The Bertz CT molecular complexity index is 1570. The van der Waals surface area contributed by atoms with Crippen LogP contribution < -0.4 is 19.7 Å². The number of aromatic nitrogens is 2. The number of hydrogen-bond donors (Lipinski definition) is 1. The summed E-state index contributed by atoms with van der Waals surface area (Å²) in [5.74, 6) is -0.641. The van der Waals surface area contributed by atoms with Gasteiger partial charge in [0.05, 0.1) is 30.7 Å². The van der Waals surface area contributed by atoms with Crippen molar-refractivity contribution in [1.29, 1.82) is 0 Å². The molecule has 0 saturated carbocycles. The largest absolute Gasteiger partial charge is 0.493 e. The minimum Gasteiger partial charge on any atom is -0.493 e. The van der Waals surface area contributed by atoms with E-state index in [2.05, 4.69) is 15.2 Å². The third-order valence-electron chi connectivity index (χ3n) is 8.41. The van der Waals surface area contributed by atoms with Gasteiger partial charge < -0.3 is 29.5 Å². The first-order valence-electron chi connectivity index (χ1n) is 15.4. The molecule has 0 aliphatic carbocycles. The van der Waals surface area contributed by atoms with Crippen LogP contribution in [0.1, 0.15) is 53.2 Å². The van der Waals surface area contributed by atoms with Crippen LogP contribution in [0.4, 0.5) is 18.9 Å². The lowest BCUT2D eigenvalue weighted by Crippen LogP contribution is -2.55. The molecule has 1 N–H and O–H groups in total. The van der Waals surface area contributed by atoms with Gasteiger partial charge in [0.25, 0.3) is 11.8 Å². The van der Waals surface area contributed by atoms with Crippen molar-refractivity contribution >= 4 is 17.5 Å². The number of likely N-dealkylation sites (tertiary alicyclic amines) is 1. The van der Waals surface area contributed by atoms with Gasteiger partial charge in [-0.05, 0) is 63.7 Å². The van der Waals surface area contributed by atoms with Gasteiger partial charge in [-0.1, -0.05) is 19.1 Å². The van der Waals surface area contributed by atoms with Gasteiger partial charge in [-0.3, -0.25) is 9.59 Å². The number of benzene rings is 1. The molecule has 0 radical (unpaired) electrons. The first-order valence-corrected chi connectivity index (χ1v) is 15.4. The maximum atomic E-state index is 13.9. The molecule has 13 heteroatoms. The van der Waals surface area contributed by atoms with E-state index in [0.29, 0.717) is 30.2 Å². The van der Waals surface area contributed by atoms with Crippen molar-refractivity contribution in [3.8, 4) is 22.9 Å². The minimum atomic E-state index is -4.84. The Hall–Kier alpha value is -4.39. The molecule has 2 fully saturated rings. The number of carbonyl (C=O) groups is 2. The number of para-hydroxylation sites is 1. The average Bonchev–Trinajstić information content (AvgIpc) is 3.47. The van der Waals surface area contributed by atoms with E-state index in [9.17, 15) is 22.8 Å². The zero-order chi connectivity index (χ0) is 33.0. The fourth-order valence-corrected chi connectivity index (χ4v) is 6.09. The second-order valence-corrected chi connectivity index (χ2v) is 11.5. The second-order valence-electron chi connectivity index (χ2n) is 11.5. The summed E-state index contributed by atoms with van der Waals surface area (Å²) >= 11 is 0. The SMILES string of the molecule is CCOc1ccccc1-c1ccc(N2CCN(C(=O)c3ccc(OC)nc3C(F)(F)F)C[C@H]2CC)c(C(=O)N[C@@H]2CCN(C)C2)n1. The molecule has 2 aliphatic heterocycles. The second kappa shape index (κ2) is 13.9. The predicted octanol–water partition coefficient (Wildman–Crippen LogP) is 4.74. The highest BCUT2D eigenvalue weighted by atomic mass is 19.4. The Balaban J connectivity index is 1.46. The highest BCUT2D eigenvalue weighted by Gasteiger charge is 2.40. The molecule has 246 valence electrons. The smallest absolute Gasteiger partial charge is 0.434 e. The first kappa shape index (κ1) is 33.0. The number of hydrogen-bond acceptors (Lipinski definition) is 8. The minimum absolute atomic E-state index is 0.0242. The molecule has 5 rings (SSSR count). The molecule has 2 aromatic heterocycles. The molecule has 2 aliphatic rings. The summed E-state index contributed by atoms with van der Waals surface area (Å²) < 4.78 is 52.3. The molecule has 0 unspecified atom stereocenters. The molecule has 1 aromatic carbocycles. The van der Waals surface area contributed by atoms with E-state index in [4.69, 9.17) is 14.5 Å². The average molecular weight is 641 g/mol. The van der Waals surface area contributed by atoms with Gasteiger partial charge >= 0.3 is 6.18 Å². The fraction of sp³-hybridized carbons (Fsp3) is 0.455. The molecule has 0 spiro atoms. The molecule has 4 heterocycles. The maximum absolute atomic E-state index is 13.9. The van der Waals surface area contributed by atoms with Crippen LogP contribution in [0.15, 0.2) is 48.5 Å². The van der Waals surface area contributed by atoms with Crippen molar-refractivity contribution in [2.45, 2.75) is 44.9 Å². The zero-order valence-corrected chi connectivity index (χ0v) is 26.4. The van der Waals surface area contributed by atoms with Crippen molar-refractivity contribution in [1.82, 2.24) is 25.1 Å². The Morgan fingerprint density at radius 3 is 2.46 bits per heavy atom. The van der Waals surface area contributed by atoms with Gasteiger partial charge in [0.2, 0.25) is 5.88 Å². The van der Waals surface area contributed by atoms with E-state index >= 15 is 0 Å². The summed E-state index contributed by atoms with van der Waals surface area (Å²) in [5.41, 5.74) is 0.364. The van der Waals surface area contributed by atoms with E-state index in [1.807, 2.05) is 62.2 Å². The topological polar surface area (TPSA) is 100 Å². The van der Waals surface area contributed by atoms with Crippen LogP contribution in [0.25, 0.3) is 11.3 Å². The van der Waals surface area contributed by atoms with Crippen molar-refractivity contribution in [2.24, 2.45) is 0 Å². The summed E-state index contributed by atoms with van der Waals surface area (Å²) in [7, 11) is 3.22. The number of rotatable bonds is 9. The predicted molar refractivity (Wildman–Crippen MR) is 167 cm³/mol. The monoisotopic (exact) mass is 640 g/mol. The highest BCUT2D eigenvalue weighted by Crippen LogP contribution is 2.35. The fourth-order valence-electron chi connectivity index (χ4n) is 6.09.